The molecular weight excluding hydrogens is 252 g/mol. The highest BCUT2D eigenvalue weighted by molar-refractivity contribution is 7.90. The van der Waals surface area contributed by atoms with Crippen LogP contribution in [0.5, 0.6) is 0 Å². The summed E-state index contributed by atoms with van der Waals surface area (Å²) < 4.78 is 22.2. The van der Waals surface area contributed by atoms with Gasteiger partial charge in [-0.3, -0.25) is 4.79 Å². The molecule has 5 nitrogen and oxygen atoms in total. The van der Waals surface area contributed by atoms with Crippen molar-refractivity contribution in [1.82, 2.24) is 10.2 Å². The van der Waals surface area contributed by atoms with Gasteiger partial charge in [-0.25, -0.2) is 8.42 Å². The lowest BCUT2D eigenvalue weighted by Crippen LogP contribution is -2.43. The molecule has 0 aliphatic carbocycles. The molecular formula is C12H24N2O3S. The molecule has 1 unspecified atom stereocenters. The summed E-state index contributed by atoms with van der Waals surface area (Å²) in [4.78, 5) is 13.8. The molecule has 106 valence electrons. The van der Waals surface area contributed by atoms with Gasteiger partial charge < -0.3 is 10.2 Å². The molecule has 1 atom stereocenters. The molecule has 0 saturated carbocycles. The van der Waals surface area contributed by atoms with E-state index in [1.165, 1.54) is 19.1 Å². The van der Waals surface area contributed by atoms with Crippen LogP contribution in [0.25, 0.3) is 0 Å². The summed E-state index contributed by atoms with van der Waals surface area (Å²) in [7, 11) is -2.99. The van der Waals surface area contributed by atoms with E-state index in [2.05, 4.69) is 5.32 Å². The van der Waals surface area contributed by atoms with Gasteiger partial charge in [-0.05, 0) is 19.8 Å². The minimum atomic E-state index is -2.99. The Morgan fingerprint density at radius 3 is 2.28 bits per heavy atom. The van der Waals surface area contributed by atoms with Gasteiger partial charge in [-0.1, -0.05) is 12.8 Å². The summed E-state index contributed by atoms with van der Waals surface area (Å²) in [5.74, 6) is 0.151. The van der Waals surface area contributed by atoms with Gasteiger partial charge in [0, 0.05) is 25.4 Å². The fraction of sp³-hybridized carbons (Fsp3) is 0.917. The molecule has 18 heavy (non-hydrogen) atoms. The van der Waals surface area contributed by atoms with E-state index in [9.17, 15) is 13.2 Å². The van der Waals surface area contributed by atoms with Gasteiger partial charge in [-0.15, -0.1) is 0 Å². The molecule has 1 heterocycles. The summed E-state index contributed by atoms with van der Waals surface area (Å²) in [6.45, 7) is 3.69. The highest BCUT2D eigenvalue weighted by Gasteiger charge is 2.17. The zero-order chi connectivity index (χ0) is 13.6. The van der Waals surface area contributed by atoms with Gasteiger partial charge in [0.15, 0.2) is 0 Å². The average molecular weight is 276 g/mol. The maximum Gasteiger partial charge on any atom is 0.236 e. The predicted octanol–water partition coefficient (Wildman–Crippen LogP) is 0.412. The molecule has 0 aromatic heterocycles. The Balaban J connectivity index is 2.31. The third-order valence-corrected chi connectivity index (χ3v) is 4.22. The molecule has 1 fully saturated rings. The van der Waals surface area contributed by atoms with Crippen LogP contribution in [0.1, 0.15) is 32.6 Å². The number of amides is 1. The normalized spacial score (nSPS) is 19.3. The third-order valence-electron chi connectivity index (χ3n) is 3.11. The maximum absolute atomic E-state index is 11.9. The largest absolute Gasteiger partial charge is 0.342 e. The molecule has 1 aliphatic heterocycles. The van der Waals surface area contributed by atoms with Crippen LogP contribution < -0.4 is 5.32 Å². The van der Waals surface area contributed by atoms with E-state index < -0.39 is 9.84 Å². The summed E-state index contributed by atoms with van der Waals surface area (Å²) in [5, 5.41) is 2.99. The standard InChI is InChI=1S/C12H24N2O3S/c1-11(10-18(2,16)17)13-9-12(15)14-7-5-3-4-6-8-14/h11,13H,3-10H2,1-2H3. The molecule has 0 bridgehead atoms. The quantitative estimate of drug-likeness (QED) is 0.790. The van der Waals surface area contributed by atoms with Crippen molar-refractivity contribution >= 4 is 15.7 Å². The first-order chi connectivity index (χ1) is 8.38. The molecule has 0 aromatic rings. The van der Waals surface area contributed by atoms with E-state index in [1.54, 1.807) is 6.92 Å². The van der Waals surface area contributed by atoms with Crippen molar-refractivity contribution in [1.29, 1.82) is 0 Å². The number of likely N-dealkylation sites (tertiary alicyclic amines) is 1. The van der Waals surface area contributed by atoms with E-state index in [1.807, 2.05) is 4.90 Å². The Labute approximate surface area is 110 Å². The monoisotopic (exact) mass is 276 g/mol. The van der Waals surface area contributed by atoms with Crippen LogP contribution in [0, 0.1) is 0 Å². The lowest BCUT2D eigenvalue weighted by Gasteiger charge is -2.21. The van der Waals surface area contributed by atoms with Crippen molar-refractivity contribution in [3.8, 4) is 0 Å². The molecule has 0 spiro atoms. The smallest absolute Gasteiger partial charge is 0.236 e. The fourth-order valence-corrected chi connectivity index (χ4v) is 3.23. The van der Waals surface area contributed by atoms with Gasteiger partial charge >= 0.3 is 0 Å². The zero-order valence-corrected chi connectivity index (χ0v) is 12.1. The van der Waals surface area contributed by atoms with E-state index in [0.29, 0.717) is 0 Å². The predicted molar refractivity (Wildman–Crippen MR) is 72.2 cm³/mol. The molecule has 1 rings (SSSR count). The number of nitrogens with zero attached hydrogens (tertiary/aromatic N) is 1. The highest BCUT2D eigenvalue weighted by Crippen LogP contribution is 2.09. The second-order valence-corrected chi connectivity index (χ2v) is 7.35. The van der Waals surface area contributed by atoms with Gasteiger partial charge in [0.25, 0.3) is 0 Å². The fourth-order valence-electron chi connectivity index (χ4n) is 2.21. The van der Waals surface area contributed by atoms with Crippen molar-refractivity contribution in [3.05, 3.63) is 0 Å². The molecule has 0 aromatic carbocycles. The SMILES string of the molecule is CC(CS(C)(=O)=O)NCC(=O)N1CCCCCC1. The summed E-state index contributed by atoms with van der Waals surface area (Å²) in [5.41, 5.74) is 0. The van der Waals surface area contributed by atoms with Crippen LogP contribution in [0.4, 0.5) is 0 Å². The molecule has 6 heteroatoms. The molecule has 1 N–H and O–H groups in total. The van der Waals surface area contributed by atoms with Crippen LogP contribution in [0.2, 0.25) is 0 Å². The number of nitrogens with one attached hydrogen (secondary N) is 1. The first kappa shape index (κ1) is 15.4. The van der Waals surface area contributed by atoms with E-state index in [0.717, 1.165) is 25.9 Å². The molecule has 0 radical (unpaired) electrons. The minimum Gasteiger partial charge on any atom is -0.342 e. The lowest BCUT2D eigenvalue weighted by atomic mass is 10.2. The van der Waals surface area contributed by atoms with Gasteiger partial charge in [-0.2, -0.15) is 0 Å². The summed E-state index contributed by atoms with van der Waals surface area (Å²) >= 11 is 0. The van der Waals surface area contributed by atoms with E-state index in [4.69, 9.17) is 0 Å². The second kappa shape index (κ2) is 7.09. The number of rotatable bonds is 5. The van der Waals surface area contributed by atoms with Gasteiger partial charge in [0.1, 0.15) is 9.84 Å². The summed E-state index contributed by atoms with van der Waals surface area (Å²) in [6.07, 6.45) is 5.75. The first-order valence-electron chi connectivity index (χ1n) is 6.57. The van der Waals surface area contributed by atoms with Crippen molar-refractivity contribution in [2.24, 2.45) is 0 Å². The minimum absolute atomic E-state index is 0.0697. The number of carbonyl (C=O) groups excluding carboxylic acids is 1. The van der Waals surface area contributed by atoms with Crippen molar-refractivity contribution in [2.75, 3.05) is 31.6 Å². The summed E-state index contributed by atoms with van der Waals surface area (Å²) in [6, 6.07) is -0.184. The second-order valence-electron chi connectivity index (χ2n) is 5.17. The molecule has 1 aliphatic rings. The Morgan fingerprint density at radius 2 is 1.78 bits per heavy atom. The first-order valence-corrected chi connectivity index (χ1v) is 8.63. The topological polar surface area (TPSA) is 66.5 Å². The molecule has 1 saturated heterocycles. The van der Waals surface area contributed by atoms with E-state index >= 15 is 0 Å². The highest BCUT2D eigenvalue weighted by atomic mass is 32.2. The Morgan fingerprint density at radius 1 is 1.22 bits per heavy atom. The number of hydrogen-bond donors (Lipinski definition) is 1. The Bertz CT molecular complexity index is 360. The zero-order valence-electron chi connectivity index (χ0n) is 11.3. The van der Waals surface area contributed by atoms with Crippen molar-refractivity contribution in [3.63, 3.8) is 0 Å². The van der Waals surface area contributed by atoms with Crippen LogP contribution in [0.3, 0.4) is 0 Å². The van der Waals surface area contributed by atoms with Crippen molar-refractivity contribution < 1.29 is 13.2 Å². The number of hydrogen-bond acceptors (Lipinski definition) is 4. The van der Waals surface area contributed by atoms with Crippen molar-refractivity contribution in [2.45, 2.75) is 38.6 Å². The molecule has 1 amide bonds. The van der Waals surface area contributed by atoms with Crippen LogP contribution >= 0.6 is 0 Å². The Hall–Kier alpha value is -0.620. The maximum atomic E-state index is 11.9. The van der Waals surface area contributed by atoms with Crippen LogP contribution in [-0.2, 0) is 14.6 Å². The van der Waals surface area contributed by atoms with Crippen LogP contribution in [0.15, 0.2) is 0 Å². The van der Waals surface area contributed by atoms with E-state index in [-0.39, 0.29) is 24.2 Å². The van der Waals surface area contributed by atoms with Crippen LogP contribution in [-0.4, -0.2) is 56.9 Å². The number of carbonyl (C=O) groups is 1. The average Bonchev–Trinajstić information content (AvgIpc) is 2.52. The Kier molecular flexibility index (Phi) is 6.08. The van der Waals surface area contributed by atoms with Gasteiger partial charge in [0.2, 0.25) is 5.91 Å². The van der Waals surface area contributed by atoms with Gasteiger partial charge in [0.05, 0.1) is 12.3 Å². The third kappa shape index (κ3) is 6.35. The number of sulfone groups is 1. The lowest BCUT2D eigenvalue weighted by molar-refractivity contribution is -0.130.